The molecule has 3 rings (SSSR count). The van der Waals surface area contributed by atoms with Gasteiger partial charge in [-0.2, -0.15) is 0 Å². The lowest BCUT2D eigenvalue weighted by atomic mass is 10.2. The average Bonchev–Trinajstić information content (AvgIpc) is 3.12. The highest BCUT2D eigenvalue weighted by Gasteiger charge is 2.12. The Morgan fingerprint density at radius 2 is 2.03 bits per heavy atom. The molecule has 1 fully saturated rings. The van der Waals surface area contributed by atoms with E-state index in [9.17, 15) is 0 Å². The number of aliphatic imine (C=N–C) groups is 1. The van der Waals surface area contributed by atoms with Gasteiger partial charge < -0.3 is 25.0 Å². The first-order chi connectivity index (χ1) is 14.7. The second-order valence-electron chi connectivity index (χ2n) is 8.05. The lowest BCUT2D eigenvalue weighted by Crippen LogP contribution is -2.39. The molecule has 7 nitrogen and oxygen atoms in total. The van der Waals surface area contributed by atoms with Crippen molar-refractivity contribution >= 4 is 5.96 Å². The third-order valence-corrected chi connectivity index (χ3v) is 5.50. The fourth-order valence-corrected chi connectivity index (χ4v) is 3.78. The fourth-order valence-electron chi connectivity index (χ4n) is 3.78. The molecule has 2 N–H and O–H groups in total. The number of aromatic nitrogens is 2. The van der Waals surface area contributed by atoms with Crippen molar-refractivity contribution in [1.29, 1.82) is 0 Å². The van der Waals surface area contributed by atoms with Gasteiger partial charge in [0.25, 0.3) is 0 Å². The van der Waals surface area contributed by atoms with E-state index in [1.165, 1.54) is 32.6 Å². The standard InChI is InChI=1S/C23H37N7/c1-4-24-23(25-12-8-14-30-15-9-13-28(2)16-17-30)29(3)19-22-26-18-21(27-22)20-10-6-5-7-11-20/h5-7,10-11,18H,4,8-9,12-17,19H2,1-3H3,(H,24,25)(H,26,27). The Labute approximate surface area is 181 Å². The van der Waals surface area contributed by atoms with Crippen LogP contribution in [0.1, 0.15) is 25.6 Å². The summed E-state index contributed by atoms with van der Waals surface area (Å²) in [6.45, 7) is 10.4. The van der Waals surface area contributed by atoms with E-state index < -0.39 is 0 Å². The number of hydrogen-bond donors (Lipinski definition) is 2. The summed E-state index contributed by atoms with van der Waals surface area (Å²) >= 11 is 0. The third kappa shape index (κ3) is 6.85. The molecule has 0 radical (unpaired) electrons. The van der Waals surface area contributed by atoms with E-state index in [1.807, 2.05) is 24.4 Å². The Bertz CT molecular complexity index is 771. The number of aromatic amines is 1. The smallest absolute Gasteiger partial charge is 0.194 e. The molecule has 164 valence electrons. The van der Waals surface area contributed by atoms with E-state index in [1.54, 1.807) is 0 Å². The van der Waals surface area contributed by atoms with Crippen molar-refractivity contribution in [3.8, 4) is 11.3 Å². The van der Waals surface area contributed by atoms with E-state index in [2.05, 4.69) is 63.1 Å². The molecule has 1 aliphatic heterocycles. The molecule has 7 heteroatoms. The monoisotopic (exact) mass is 411 g/mol. The summed E-state index contributed by atoms with van der Waals surface area (Å²) in [7, 11) is 4.28. The van der Waals surface area contributed by atoms with Crippen LogP contribution in [0.5, 0.6) is 0 Å². The van der Waals surface area contributed by atoms with Gasteiger partial charge in [-0.15, -0.1) is 0 Å². The van der Waals surface area contributed by atoms with Crippen LogP contribution in [0.3, 0.4) is 0 Å². The van der Waals surface area contributed by atoms with Crippen molar-refractivity contribution in [2.24, 2.45) is 4.99 Å². The van der Waals surface area contributed by atoms with Gasteiger partial charge in [0.05, 0.1) is 18.4 Å². The number of nitrogens with zero attached hydrogens (tertiary/aromatic N) is 5. The van der Waals surface area contributed by atoms with E-state index in [-0.39, 0.29) is 0 Å². The molecule has 1 saturated heterocycles. The largest absolute Gasteiger partial charge is 0.357 e. The molecular weight excluding hydrogens is 374 g/mol. The quantitative estimate of drug-likeness (QED) is 0.397. The summed E-state index contributed by atoms with van der Waals surface area (Å²) in [5.41, 5.74) is 2.20. The molecule has 0 bridgehead atoms. The number of guanidine groups is 1. The lowest BCUT2D eigenvalue weighted by molar-refractivity contribution is 0.275. The van der Waals surface area contributed by atoms with Crippen molar-refractivity contribution in [3.05, 3.63) is 42.4 Å². The predicted molar refractivity (Wildman–Crippen MR) is 125 cm³/mol. The van der Waals surface area contributed by atoms with Crippen LogP contribution in [0, 0.1) is 0 Å². The minimum atomic E-state index is 0.692. The summed E-state index contributed by atoms with van der Waals surface area (Å²) in [4.78, 5) is 20.0. The van der Waals surface area contributed by atoms with Gasteiger partial charge in [0.1, 0.15) is 5.82 Å². The maximum Gasteiger partial charge on any atom is 0.194 e. The number of likely N-dealkylation sites (N-methyl/N-ethyl adjacent to an activating group) is 1. The lowest BCUT2D eigenvalue weighted by Gasteiger charge is -2.22. The van der Waals surface area contributed by atoms with Crippen LogP contribution in [0.2, 0.25) is 0 Å². The maximum atomic E-state index is 4.85. The number of hydrogen-bond acceptors (Lipinski definition) is 4. The molecule has 2 aromatic rings. The van der Waals surface area contributed by atoms with Crippen LogP contribution in [-0.2, 0) is 6.54 Å². The summed E-state index contributed by atoms with van der Waals surface area (Å²) in [5, 5.41) is 3.41. The third-order valence-electron chi connectivity index (χ3n) is 5.50. The van der Waals surface area contributed by atoms with Crippen LogP contribution in [0.15, 0.2) is 41.5 Å². The predicted octanol–water partition coefficient (Wildman–Crippen LogP) is 2.50. The molecule has 1 aliphatic rings. The molecule has 0 amide bonds. The van der Waals surface area contributed by atoms with Gasteiger partial charge in [0.2, 0.25) is 0 Å². The number of benzene rings is 1. The van der Waals surface area contributed by atoms with E-state index >= 15 is 0 Å². The van der Waals surface area contributed by atoms with E-state index in [4.69, 9.17) is 4.99 Å². The summed E-state index contributed by atoms with van der Waals surface area (Å²) in [6, 6.07) is 10.3. The SMILES string of the molecule is CCNC(=NCCCN1CCCN(C)CC1)N(C)Cc1ncc(-c2ccccc2)[nH]1. The Balaban J connectivity index is 1.50. The molecule has 2 heterocycles. The highest BCUT2D eigenvalue weighted by molar-refractivity contribution is 5.79. The van der Waals surface area contributed by atoms with Crippen molar-refractivity contribution in [2.75, 3.05) is 59.9 Å². The van der Waals surface area contributed by atoms with Gasteiger partial charge >= 0.3 is 0 Å². The van der Waals surface area contributed by atoms with Crippen LogP contribution in [0.25, 0.3) is 11.3 Å². The maximum absolute atomic E-state index is 4.85. The molecule has 30 heavy (non-hydrogen) atoms. The van der Waals surface area contributed by atoms with Crippen molar-refractivity contribution in [3.63, 3.8) is 0 Å². The zero-order valence-corrected chi connectivity index (χ0v) is 18.8. The van der Waals surface area contributed by atoms with Gasteiger partial charge in [-0.3, -0.25) is 4.99 Å². The van der Waals surface area contributed by atoms with Gasteiger partial charge in [-0.25, -0.2) is 4.98 Å². The molecule has 0 saturated carbocycles. The Morgan fingerprint density at radius 3 is 2.83 bits per heavy atom. The molecule has 0 aliphatic carbocycles. The summed E-state index contributed by atoms with van der Waals surface area (Å²) < 4.78 is 0. The Morgan fingerprint density at radius 1 is 1.20 bits per heavy atom. The number of rotatable bonds is 8. The highest BCUT2D eigenvalue weighted by atomic mass is 15.3. The molecule has 0 spiro atoms. The molecule has 1 aromatic carbocycles. The fraction of sp³-hybridized carbons (Fsp3) is 0.565. The summed E-state index contributed by atoms with van der Waals surface area (Å²) in [5.74, 6) is 1.88. The van der Waals surface area contributed by atoms with Crippen molar-refractivity contribution in [1.82, 2.24) is 30.0 Å². The van der Waals surface area contributed by atoms with Gasteiger partial charge in [0, 0.05) is 33.2 Å². The molecule has 0 atom stereocenters. The zero-order chi connectivity index (χ0) is 21.2. The molecule has 0 unspecified atom stereocenters. The minimum Gasteiger partial charge on any atom is -0.357 e. The second kappa shape index (κ2) is 11.7. The van der Waals surface area contributed by atoms with Gasteiger partial charge in [-0.05, 0) is 52.0 Å². The first-order valence-corrected chi connectivity index (χ1v) is 11.2. The Hall–Kier alpha value is -2.38. The van der Waals surface area contributed by atoms with Gasteiger partial charge in [-0.1, -0.05) is 30.3 Å². The van der Waals surface area contributed by atoms with E-state index in [0.29, 0.717) is 6.54 Å². The zero-order valence-electron chi connectivity index (χ0n) is 18.8. The Kier molecular flexibility index (Phi) is 8.71. The first-order valence-electron chi connectivity index (χ1n) is 11.2. The van der Waals surface area contributed by atoms with Crippen LogP contribution >= 0.6 is 0 Å². The van der Waals surface area contributed by atoms with Crippen LogP contribution < -0.4 is 5.32 Å². The van der Waals surface area contributed by atoms with Crippen LogP contribution in [0.4, 0.5) is 0 Å². The number of H-pyrrole nitrogens is 1. The van der Waals surface area contributed by atoms with Crippen LogP contribution in [-0.4, -0.2) is 90.5 Å². The molecule has 1 aromatic heterocycles. The summed E-state index contributed by atoms with van der Waals surface area (Å²) in [6.07, 6.45) is 4.26. The van der Waals surface area contributed by atoms with Gasteiger partial charge in [0.15, 0.2) is 5.96 Å². The first kappa shape index (κ1) is 22.3. The highest BCUT2D eigenvalue weighted by Crippen LogP contribution is 2.16. The topological polar surface area (TPSA) is 62.8 Å². The average molecular weight is 412 g/mol. The minimum absolute atomic E-state index is 0.692. The number of nitrogens with one attached hydrogen (secondary N) is 2. The van der Waals surface area contributed by atoms with Crippen molar-refractivity contribution in [2.45, 2.75) is 26.3 Å². The van der Waals surface area contributed by atoms with E-state index in [0.717, 1.165) is 49.1 Å². The van der Waals surface area contributed by atoms with Crippen molar-refractivity contribution < 1.29 is 0 Å². The normalized spacial score (nSPS) is 16.4. The molecular formula is C23H37N7. The second-order valence-corrected chi connectivity index (χ2v) is 8.05. The number of imidazole rings is 1.